The highest BCUT2D eigenvalue weighted by Crippen LogP contribution is 2.14. The first-order valence-corrected chi connectivity index (χ1v) is 5.18. The Bertz CT molecular complexity index is 293. The lowest BCUT2D eigenvalue weighted by Gasteiger charge is -2.10. The van der Waals surface area contributed by atoms with Gasteiger partial charge in [-0.2, -0.15) is 0 Å². The van der Waals surface area contributed by atoms with Gasteiger partial charge in [-0.1, -0.05) is 0 Å². The van der Waals surface area contributed by atoms with Gasteiger partial charge >= 0.3 is 0 Å². The lowest BCUT2D eigenvalue weighted by Crippen LogP contribution is -2.16. The maximum absolute atomic E-state index is 8.83. The Kier molecular flexibility index (Phi) is 3.53. The minimum atomic E-state index is 0.0129. The Morgan fingerprint density at radius 3 is 3.07 bits per heavy atom. The van der Waals surface area contributed by atoms with Crippen LogP contribution >= 0.6 is 0 Å². The largest absolute Gasteiger partial charge is 0.475 e. The summed E-state index contributed by atoms with van der Waals surface area (Å²) in [5.41, 5.74) is 0.791. The molecule has 0 radical (unpaired) electrons. The number of hydrogen-bond donors (Lipinski definition) is 1. The molecule has 1 aromatic rings. The zero-order chi connectivity index (χ0) is 10.5. The number of ether oxygens (including phenoxy) is 2. The van der Waals surface area contributed by atoms with Crippen molar-refractivity contribution in [2.45, 2.75) is 25.6 Å². The molecule has 1 N–H and O–H groups in total. The van der Waals surface area contributed by atoms with Crippen molar-refractivity contribution in [2.24, 2.45) is 0 Å². The van der Waals surface area contributed by atoms with E-state index in [9.17, 15) is 0 Å². The Hall–Kier alpha value is -1.13. The predicted molar refractivity (Wildman–Crippen MR) is 54.6 cm³/mol. The van der Waals surface area contributed by atoms with Crippen molar-refractivity contribution < 1.29 is 14.6 Å². The molecule has 2 rings (SSSR count). The molecule has 4 nitrogen and oxygen atoms in total. The average molecular weight is 209 g/mol. The standard InChI is InChI=1S/C11H15NO3/c13-7-9-3-4-11(12-6-9)15-8-10-2-1-5-14-10/h3-4,6,10,13H,1-2,5,7-8H2. The molecule has 0 spiro atoms. The van der Waals surface area contributed by atoms with Crippen molar-refractivity contribution in [3.63, 3.8) is 0 Å². The Morgan fingerprint density at radius 1 is 1.53 bits per heavy atom. The van der Waals surface area contributed by atoms with Gasteiger partial charge in [-0.05, 0) is 24.5 Å². The van der Waals surface area contributed by atoms with Gasteiger partial charge in [-0.25, -0.2) is 4.98 Å². The number of aliphatic hydroxyl groups is 1. The van der Waals surface area contributed by atoms with Crippen LogP contribution in [0.15, 0.2) is 18.3 Å². The van der Waals surface area contributed by atoms with Gasteiger partial charge in [0, 0.05) is 18.9 Å². The summed E-state index contributed by atoms with van der Waals surface area (Å²) in [4.78, 5) is 4.07. The van der Waals surface area contributed by atoms with Crippen LogP contribution in [0.5, 0.6) is 5.88 Å². The van der Waals surface area contributed by atoms with Gasteiger partial charge in [0.05, 0.1) is 12.7 Å². The zero-order valence-corrected chi connectivity index (χ0v) is 8.56. The summed E-state index contributed by atoms with van der Waals surface area (Å²) in [6.07, 6.45) is 4.01. The molecule has 1 unspecified atom stereocenters. The smallest absolute Gasteiger partial charge is 0.213 e. The number of pyridine rings is 1. The Balaban J connectivity index is 1.82. The number of nitrogens with zero attached hydrogens (tertiary/aromatic N) is 1. The monoisotopic (exact) mass is 209 g/mol. The van der Waals surface area contributed by atoms with Crippen LogP contribution in [0.4, 0.5) is 0 Å². The molecule has 1 fully saturated rings. The summed E-state index contributed by atoms with van der Waals surface area (Å²) in [6.45, 7) is 1.41. The summed E-state index contributed by atoms with van der Waals surface area (Å²) < 4.78 is 10.9. The quantitative estimate of drug-likeness (QED) is 0.807. The third-order valence-corrected chi connectivity index (χ3v) is 2.42. The fourth-order valence-corrected chi connectivity index (χ4v) is 1.54. The van der Waals surface area contributed by atoms with E-state index >= 15 is 0 Å². The highest BCUT2D eigenvalue weighted by Gasteiger charge is 2.15. The van der Waals surface area contributed by atoms with Gasteiger partial charge in [0.15, 0.2) is 0 Å². The molecule has 1 atom stereocenters. The van der Waals surface area contributed by atoms with Gasteiger partial charge in [0.1, 0.15) is 6.61 Å². The molecule has 1 aromatic heterocycles. The Labute approximate surface area is 88.9 Å². The minimum Gasteiger partial charge on any atom is -0.475 e. The molecule has 1 saturated heterocycles. The van der Waals surface area contributed by atoms with Gasteiger partial charge < -0.3 is 14.6 Å². The van der Waals surface area contributed by atoms with Crippen LogP contribution in [0.25, 0.3) is 0 Å². The van der Waals surface area contributed by atoms with Crippen molar-refractivity contribution in [3.8, 4) is 5.88 Å². The van der Waals surface area contributed by atoms with Crippen LogP contribution in [0.3, 0.4) is 0 Å². The van der Waals surface area contributed by atoms with Gasteiger partial charge in [0.25, 0.3) is 0 Å². The van der Waals surface area contributed by atoms with E-state index in [1.165, 1.54) is 0 Å². The topological polar surface area (TPSA) is 51.6 Å². The second-order valence-electron chi connectivity index (χ2n) is 3.61. The van der Waals surface area contributed by atoms with Crippen LogP contribution in [0.2, 0.25) is 0 Å². The van der Waals surface area contributed by atoms with E-state index in [2.05, 4.69) is 4.98 Å². The van der Waals surface area contributed by atoms with Gasteiger partial charge in [-0.3, -0.25) is 0 Å². The van der Waals surface area contributed by atoms with E-state index in [4.69, 9.17) is 14.6 Å². The highest BCUT2D eigenvalue weighted by molar-refractivity contribution is 5.17. The number of hydrogen-bond acceptors (Lipinski definition) is 4. The molecular weight excluding hydrogens is 194 g/mol. The van der Waals surface area contributed by atoms with Gasteiger partial charge in [-0.15, -0.1) is 0 Å². The first-order chi connectivity index (χ1) is 7.38. The second kappa shape index (κ2) is 5.09. The van der Waals surface area contributed by atoms with Crippen LogP contribution in [-0.4, -0.2) is 29.4 Å². The van der Waals surface area contributed by atoms with E-state index in [0.29, 0.717) is 12.5 Å². The van der Waals surface area contributed by atoms with Gasteiger partial charge in [0.2, 0.25) is 5.88 Å². The second-order valence-corrected chi connectivity index (χ2v) is 3.61. The molecule has 2 heterocycles. The number of aliphatic hydroxyl groups excluding tert-OH is 1. The van der Waals surface area contributed by atoms with E-state index < -0.39 is 0 Å². The van der Waals surface area contributed by atoms with Crippen LogP contribution < -0.4 is 4.74 Å². The SMILES string of the molecule is OCc1ccc(OCC2CCCO2)nc1. The van der Waals surface area contributed by atoms with Crippen molar-refractivity contribution >= 4 is 0 Å². The third kappa shape index (κ3) is 2.91. The van der Waals surface area contributed by atoms with E-state index in [-0.39, 0.29) is 12.7 Å². The number of aromatic nitrogens is 1. The van der Waals surface area contributed by atoms with E-state index in [1.807, 2.05) is 0 Å². The normalized spacial score (nSPS) is 20.5. The van der Waals surface area contributed by atoms with Crippen LogP contribution in [0, 0.1) is 0 Å². The minimum absolute atomic E-state index is 0.0129. The van der Waals surface area contributed by atoms with Crippen LogP contribution in [-0.2, 0) is 11.3 Å². The Morgan fingerprint density at radius 2 is 2.47 bits per heavy atom. The number of rotatable bonds is 4. The zero-order valence-electron chi connectivity index (χ0n) is 8.56. The molecule has 0 bridgehead atoms. The van der Waals surface area contributed by atoms with Crippen molar-refractivity contribution in [1.82, 2.24) is 4.98 Å². The van der Waals surface area contributed by atoms with Crippen LogP contribution in [0.1, 0.15) is 18.4 Å². The molecule has 1 aliphatic rings. The maximum Gasteiger partial charge on any atom is 0.213 e. The summed E-state index contributed by atoms with van der Waals surface area (Å²) in [5, 5.41) is 8.83. The molecule has 0 aromatic carbocycles. The average Bonchev–Trinajstić information content (AvgIpc) is 2.80. The molecule has 15 heavy (non-hydrogen) atoms. The summed E-state index contributed by atoms with van der Waals surface area (Å²) in [5.74, 6) is 0.586. The van der Waals surface area contributed by atoms with E-state index in [0.717, 1.165) is 25.0 Å². The fourth-order valence-electron chi connectivity index (χ4n) is 1.54. The maximum atomic E-state index is 8.83. The lowest BCUT2D eigenvalue weighted by molar-refractivity contribution is 0.0663. The van der Waals surface area contributed by atoms with Crippen molar-refractivity contribution in [2.75, 3.05) is 13.2 Å². The summed E-state index contributed by atoms with van der Waals surface area (Å²) in [6, 6.07) is 3.57. The summed E-state index contributed by atoms with van der Waals surface area (Å²) >= 11 is 0. The fraction of sp³-hybridized carbons (Fsp3) is 0.545. The highest BCUT2D eigenvalue weighted by atomic mass is 16.5. The van der Waals surface area contributed by atoms with Crippen molar-refractivity contribution in [3.05, 3.63) is 23.9 Å². The first-order valence-electron chi connectivity index (χ1n) is 5.18. The molecule has 82 valence electrons. The molecule has 0 aliphatic carbocycles. The molecule has 1 aliphatic heterocycles. The van der Waals surface area contributed by atoms with Crippen molar-refractivity contribution in [1.29, 1.82) is 0 Å². The molecule has 0 amide bonds. The molecule has 4 heteroatoms. The predicted octanol–water partition coefficient (Wildman–Crippen LogP) is 1.13. The lowest BCUT2D eigenvalue weighted by atomic mass is 10.2. The molecule has 0 saturated carbocycles. The summed E-state index contributed by atoms with van der Waals surface area (Å²) in [7, 11) is 0. The third-order valence-electron chi connectivity index (χ3n) is 2.42. The van der Waals surface area contributed by atoms with E-state index in [1.54, 1.807) is 18.3 Å². The molecular formula is C11H15NO3. The first kappa shape index (κ1) is 10.4.